The molecule has 4 rings (SSSR count). The summed E-state index contributed by atoms with van der Waals surface area (Å²) in [5, 5.41) is 15.7. The molecule has 0 amide bonds. The third-order valence-electron chi connectivity index (χ3n) is 4.47. The minimum Gasteiger partial charge on any atom is -0.313 e. The van der Waals surface area contributed by atoms with Gasteiger partial charge in [-0.15, -0.1) is 21.5 Å². The molecule has 24 heavy (non-hydrogen) atoms. The molecule has 0 spiro atoms. The predicted molar refractivity (Wildman–Crippen MR) is 95.1 cm³/mol. The van der Waals surface area contributed by atoms with Gasteiger partial charge >= 0.3 is 0 Å². The minimum absolute atomic E-state index is 0.449. The van der Waals surface area contributed by atoms with Crippen molar-refractivity contribution >= 4 is 11.3 Å². The van der Waals surface area contributed by atoms with Crippen LogP contribution in [0.3, 0.4) is 0 Å². The van der Waals surface area contributed by atoms with Crippen LogP contribution in [0.2, 0.25) is 0 Å². The number of aryl methyl sites for hydroxylation is 2. The fourth-order valence-electron chi connectivity index (χ4n) is 3.20. The van der Waals surface area contributed by atoms with Crippen LogP contribution in [0.1, 0.15) is 34.3 Å². The molecule has 6 heteroatoms. The van der Waals surface area contributed by atoms with Crippen LogP contribution in [-0.4, -0.2) is 25.8 Å². The zero-order valence-electron chi connectivity index (χ0n) is 13.8. The van der Waals surface area contributed by atoms with E-state index in [2.05, 4.69) is 54.7 Å². The molecule has 1 atom stereocenters. The first-order valence-electron chi connectivity index (χ1n) is 8.37. The number of hydrogen-bond donors (Lipinski definition) is 1. The molecule has 1 aliphatic rings. The lowest BCUT2D eigenvalue weighted by Gasteiger charge is -2.25. The Bertz CT molecular complexity index is 808. The second kappa shape index (κ2) is 6.83. The second-order valence-electron chi connectivity index (χ2n) is 6.28. The minimum atomic E-state index is 0.449. The summed E-state index contributed by atoms with van der Waals surface area (Å²) in [5.74, 6) is 2.18. The average molecular weight is 339 g/mol. The van der Waals surface area contributed by atoms with Crippen LogP contribution in [0.25, 0.3) is 0 Å². The molecule has 0 saturated carbocycles. The Labute approximate surface area is 145 Å². The van der Waals surface area contributed by atoms with E-state index in [9.17, 15) is 0 Å². The number of nitrogens with one attached hydrogen (secondary N) is 1. The van der Waals surface area contributed by atoms with Crippen molar-refractivity contribution in [1.29, 1.82) is 0 Å². The highest BCUT2D eigenvalue weighted by Gasteiger charge is 2.22. The van der Waals surface area contributed by atoms with Gasteiger partial charge in [0.1, 0.15) is 11.6 Å². The van der Waals surface area contributed by atoms with Crippen molar-refractivity contribution in [3.8, 4) is 0 Å². The summed E-state index contributed by atoms with van der Waals surface area (Å²) in [6.07, 6.45) is 2.92. The van der Waals surface area contributed by atoms with E-state index < -0.39 is 0 Å². The molecule has 1 N–H and O–H groups in total. The summed E-state index contributed by atoms with van der Waals surface area (Å²) in [7, 11) is 0. The monoisotopic (exact) mass is 339 g/mol. The lowest BCUT2D eigenvalue weighted by Crippen LogP contribution is -2.37. The first-order chi connectivity index (χ1) is 11.8. The average Bonchev–Trinajstić information content (AvgIpc) is 3.20. The molecule has 1 aromatic carbocycles. The van der Waals surface area contributed by atoms with Gasteiger partial charge in [0, 0.05) is 37.4 Å². The van der Waals surface area contributed by atoms with Crippen molar-refractivity contribution in [3.63, 3.8) is 0 Å². The van der Waals surface area contributed by atoms with Gasteiger partial charge in [-0.1, -0.05) is 30.3 Å². The molecular weight excluding hydrogens is 318 g/mol. The summed E-state index contributed by atoms with van der Waals surface area (Å²) in [4.78, 5) is 4.53. The van der Waals surface area contributed by atoms with E-state index in [1.165, 1.54) is 5.56 Å². The van der Waals surface area contributed by atoms with Gasteiger partial charge in [-0.05, 0) is 18.9 Å². The van der Waals surface area contributed by atoms with Crippen LogP contribution in [0.5, 0.6) is 0 Å². The second-order valence-corrected chi connectivity index (χ2v) is 7.34. The molecule has 0 fully saturated rings. The summed E-state index contributed by atoms with van der Waals surface area (Å²) >= 11 is 1.71. The lowest BCUT2D eigenvalue weighted by molar-refractivity contribution is 0.372. The van der Waals surface area contributed by atoms with E-state index in [0.29, 0.717) is 6.04 Å². The highest BCUT2D eigenvalue weighted by Crippen LogP contribution is 2.18. The molecule has 2 aromatic heterocycles. The third kappa shape index (κ3) is 3.39. The van der Waals surface area contributed by atoms with Crippen LogP contribution in [0.4, 0.5) is 0 Å². The Balaban J connectivity index is 1.43. The van der Waals surface area contributed by atoms with Crippen molar-refractivity contribution in [3.05, 3.63) is 63.6 Å². The van der Waals surface area contributed by atoms with E-state index in [1.54, 1.807) is 11.3 Å². The van der Waals surface area contributed by atoms with Crippen molar-refractivity contribution in [2.75, 3.05) is 0 Å². The summed E-state index contributed by atoms with van der Waals surface area (Å²) < 4.78 is 2.29. The van der Waals surface area contributed by atoms with Crippen LogP contribution in [0.15, 0.2) is 35.7 Å². The SMILES string of the molecule is Cc1nc(CNC2CCc3nnc(Cc4ccccc4)n3C2)cs1. The number of aromatic nitrogens is 4. The number of rotatable bonds is 5. The standard InChI is InChI=1S/C18H21N5S/c1-13-20-16(12-24-13)10-19-15-7-8-17-21-22-18(23(17)11-15)9-14-5-3-2-4-6-14/h2-6,12,15,19H,7-11H2,1H3. The summed E-state index contributed by atoms with van der Waals surface area (Å²) in [6.45, 7) is 3.82. The summed E-state index contributed by atoms with van der Waals surface area (Å²) in [6, 6.07) is 10.9. The number of fused-ring (bicyclic) bond motifs is 1. The maximum atomic E-state index is 4.53. The molecule has 3 heterocycles. The van der Waals surface area contributed by atoms with Crippen molar-refractivity contribution < 1.29 is 0 Å². The zero-order valence-corrected chi connectivity index (χ0v) is 14.6. The van der Waals surface area contributed by atoms with Crippen molar-refractivity contribution in [1.82, 2.24) is 25.1 Å². The van der Waals surface area contributed by atoms with Crippen LogP contribution < -0.4 is 5.32 Å². The number of thiazole rings is 1. The van der Waals surface area contributed by atoms with E-state index in [4.69, 9.17) is 0 Å². The highest BCUT2D eigenvalue weighted by molar-refractivity contribution is 7.09. The van der Waals surface area contributed by atoms with Gasteiger partial charge in [0.15, 0.2) is 0 Å². The van der Waals surface area contributed by atoms with E-state index in [0.717, 1.165) is 54.7 Å². The first-order valence-corrected chi connectivity index (χ1v) is 9.25. The Kier molecular flexibility index (Phi) is 4.40. The molecule has 0 bridgehead atoms. The van der Waals surface area contributed by atoms with E-state index >= 15 is 0 Å². The van der Waals surface area contributed by atoms with Crippen LogP contribution >= 0.6 is 11.3 Å². The largest absolute Gasteiger partial charge is 0.313 e. The highest BCUT2D eigenvalue weighted by atomic mass is 32.1. The number of nitrogens with zero attached hydrogens (tertiary/aromatic N) is 4. The lowest BCUT2D eigenvalue weighted by atomic mass is 10.1. The van der Waals surface area contributed by atoms with Crippen molar-refractivity contribution in [2.24, 2.45) is 0 Å². The molecule has 0 radical (unpaired) electrons. The molecule has 124 valence electrons. The van der Waals surface area contributed by atoms with E-state index in [-0.39, 0.29) is 0 Å². The topological polar surface area (TPSA) is 55.6 Å². The van der Waals surface area contributed by atoms with Gasteiger partial charge in [0.25, 0.3) is 0 Å². The van der Waals surface area contributed by atoms with Gasteiger partial charge in [-0.3, -0.25) is 0 Å². The van der Waals surface area contributed by atoms with Gasteiger partial charge in [0.2, 0.25) is 0 Å². The first kappa shape index (κ1) is 15.5. The Hall–Kier alpha value is -2.05. The fraction of sp³-hybridized carbons (Fsp3) is 0.389. The third-order valence-corrected chi connectivity index (χ3v) is 5.29. The van der Waals surface area contributed by atoms with Crippen LogP contribution in [-0.2, 0) is 25.9 Å². The maximum absolute atomic E-state index is 4.53. The van der Waals surface area contributed by atoms with Gasteiger partial charge < -0.3 is 9.88 Å². The number of hydrogen-bond acceptors (Lipinski definition) is 5. The maximum Gasteiger partial charge on any atom is 0.137 e. The Morgan fingerprint density at radius 2 is 2.12 bits per heavy atom. The Morgan fingerprint density at radius 3 is 2.92 bits per heavy atom. The normalized spacial score (nSPS) is 17.0. The molecule has 5 nitrogen and oxygen atoms in total. The fourth-order valence-corrected chi connectivity index (χ4v) is 3.81. The molecule has 1 aliphatic heterocycles. The van der Waals surface area contributed by atoms with Gasteiger partial charge in [0.05, 0.1) is 10.7 Å². The number of benzene rings is 1. The van der Waals surface area contributed by atoms with Gasteiger partial charge in [-0.25, -0.2) is 4.98 Å². The smallest absolute Gasteiger partial charge is 0.137 e. The van der Waals surface area contributed by atoms with Crippen molar-refractivity contribution in [2.45, 2.75) is 45.3 Å². The quantitative estimate of drug-likeness (QED) is 0.776. The molecule has 0 aliphatic carbocycles. The Morgan fingerprint density at radius 1 is 1.25 bits per heavy atom. The van der Waals surface area contributed by atoms with Crippen LogP contribution in [0, 0.1) is 6.92 Å². The van der Waals surface area contributed by atoms with Gasteiger partial charge in [-0.2, -0.15) is 0 Å². The molecule has 0 saturated heterocycles. The summed E-state index contributed by atoms with van der Waals surface area (Å²) in [5.41, 5.74) is 2.41. The molecular formula is C18H21N5S. The van der Waals surface area contributed by atoms with E-state index in [1.807, 2.05) is 13.0 Å². The molecule has 3 aromatic rings. The predicted octanol–water partition coefficient (Wildman–Crippen LogP) is 2.74. The zero-order chi connectivity index (χ0) is 16.4. The molecule has 1 unspecified atom stereocenters.